The molecule has 1 aliphatic rings. The van der Waals surface area contributed by atoms with Gasteiger partial charge in [0.2, 0.25) is 0 Å². The van der Waals surface area contributed by atoms with Crippen LogP contribution in [0.3, 0.4) is 0 Å². The van der Waals surface area contributed by atoms with Crippen molar-refractivity contribution in [3.8, 4) is 22.3 Å². The monoisotopic (exact) mass is 342 g/mol. The van der Waals surface area contributed by atoms with Gasteiger partial charge < -0.3 is 4.74 Å². The quantitative estimate of drug-likeness (QED) is 0.425. The Morgan fingerprint density at radius 2 is 1.35 bits per heavy atom. The molecule has 0 N–H and O–H groups in total. The molecule has 0 saturated heterocycles. The Morgan fingerprint density at radius 3 is 2.08 bits per heavy atom. The second-order valence-corrected chi connectivity index (χ2v) is 7.71. The van der Waals surface area contributed by atoms with Gasteiger partial charge in [-0.1, -0.05) is 60.7 Å². The zero-order valence-corrected chi connectivity index (χ0v) is 15.4. The van der Waals surface area contributed by atoms with E-state index in [9.17, 15) is 4.79 Å². The fraction of sp³-hybridized carbons (Fsp3) is 0.208. The zero-order chi connectivity index (χ0) is 18.3. The zero-order valence-electron chi connectivity index (χ0n) is 15.4. The molecule has 4 rings (SSSR count). The van der Waals surface area contributed by atoms with Crippen LogP contribution >= 0.6 is 0 Å². The van der Waals surface area contributed by atoms with E-state index in [4.69, 9.17) is 4.74 Å². The van der Waals surface area contributed by atoms with Gasteiger partial charge in [-0.05, 0) is 66.6 Å². The number of rotatable bonds is 2. The summed E-state index contributed by atoms with van der Waals surface area (Å²) in [4.78, 5) is 12.8. The van der Waals surface area contributed by atoms with E-state index in [1.165, 1.54) is 22.3 Å². The molecule has 130 valence electrons. The molecular formula is C24H22O2. The Bertz CT molecular complexity index is 993. The molecule has 1 aliphatic carbocycles. The summed E-state index contributed by atoms with van der Waals surface area (Å²) in [6.45, 7) is 5.68. The Labute approximate surface area is 154 Å². The van der Waals surface area contributed by atoms with E-state index >= 15 is 0 Å². The van der Waals surface area contributed by atoms with Gasteiger partial charge in [-0.15, -0.1) is 0 Å². The number of hydrogen-bond donors (Lipinski definition) is 0. The molecule has 0 aromatic heterocycles. The minimum Gasteiger partial charge on any atom is -0.456 e. The van der Waals surface area contributed by atoms with Crippen LogP contribution in [0.25, 0.3) is 22.3 Å². The first-order chi connectivity index (χ1) is 12.4. The molecule has 0 atom stereocenters. The molecule has 0 amide bonds. The number of hydrogen-bond acceptors (Lipinski definition) is 2. The lowest BCUT2D eigenvalue weighted by Crippen LogP contribution is -2.24. The van der Waals surface area contributed by atoms with Crippen molar-refractivity contribution in [2.24, 2.45) is 0 Å². The van der Waals surface area contributed by atoms with Crippen LogP contribution in [0, 0.1) is 0 Å². The van der Waals surface area contributed by atoms with Crippen LogP contribution < -0.4 is 0 Å². The lowest BCUT2D eigenvalue weighted by Gasteiger charge is -2.21. The summed E-state index contributed by atoms with van der Waals surface area (Å²) in [5, 5.41) is 0. The van der Waals surface area contributed by atoms with Crippen molar-refractivity contribution in [2.75, 3.05) is 0 Å². The Balaban J connectivity index is 1.83. The molecule has 2 nitrogen and oxygen atoms in total. The van der Waals surface area contributed by atoms with Crippen molar-refractivity contribution in [3.05, 3.63) is 83.4 Å². The van der Waals surface area contributed by atoms with Gasteiger partial charge in [0.05, 0.1) is 5.56 Å². The van der Waals surface area contributed by atoms with Crippen molar-refractivity contribution in [2.45, 2.75) is 32.8 Å². The van der Waals surface area contributed by atoms with Crippen molar-refractivity contribution in [1.82, 2.24) is 0 Å². The predicted molar refractivity (Wildman–Crippen MR) is 105 cm³/mol. The van der Waals surface area contributed by atoms with Crippen molar-refractivity contribution >= 4 is 5.97 Å². The maximum absolute atomic E-state index is 12.8. The Kier molecular flexibility index (Phi) is 3.91. The lowest BCUT2D eigenvalue weighted by atomic mass is 9.92. The lowest BCUT2D eigenvalue weighted by molar-refractivity contribution is 0.00705. The van der Waals surface area contributed by atoms with Gasteiger partial charge in [0.25, 0.3) is 0 Å². The van der Waals surface area contributed by atoms with E-state index in [0.717, 1.165) is 17.5 Å². The molecule has 3 aromatic carbocycles. The van der Waals surface area contributed by atoms with Gasteiger partial charge in [-0.3, -0.25) is 0 Å². The number of esters is 1. The summed E-state index contributed by atoms with van der Waals surface area (Å²) in [5.74, 6) is -0.277. The van der Waals surface area contributed by atoms with Crippen LogP contribution in [0.4, 0.5) is 0 Å². The number of carbonyl (C=O) groups is 1. The molecule has 0 aliphatic heterocycles. The van der Waals surface area contributed by atoms with Crippen LogP contribution in [0.15, 0.2) is 66.7 Å². The van der Waals surface area contributed by atoms with E-state index in [0.29, 0.717) is 5.56 Å². The molecule has 0 spiro atoms. The normalized spacial score (nSPS) is 12.4. The summed E-state index contributed by atoms with van der Waals surface area (Å²) in [6.07, 6.45) is 0.893. The van der Waals surface area contributed by atoms with Crippen LogP contribution in [0.1, 0.15) is 42.3 Å². The molecule has 0 fully saturated rings. The first-order valence-corrected chi connectivity index (χ1v) is 8.97. The highest BCUT2D eigenvalue weighted by Crippen LogP contribution is 2.42. The first kappa shape index (κ1) is 16.6. The second-order valence-electron chi connectivity index (χ2n) is 7.71. The van der Waals surface area contributed by atoms with E-state index in [1.807, 2.05) is 45.0 Å². The molecule has 0 heterocycles. The molecule has 3 aromatic rings. The highest BCUT2D eigenvalue weighted by Gasteiger charge is 2.25. The third-order valence-corrected chi connectivity index (χ3v) is 4.69. The third kappa shape index (κ3) is 2.92. The van der Waals surface area contributed by atoms with E-state index < -0.39 is 5.60 Å². The SMILES string of the molecule is CC(C)(C)OC(=O)c1ccccc1-c1cccc2c1Cc1ccccc1-2. The minimum absolute atomic E-state index is 0.277. The van der Waals surface area contributed by atoms with Crippen molar-refractivity contribution in [1.29, 1.82) is 0 Å². The first-order valence-electron chi connectivity index (χ1n) is 8.97. The summed E-state index contributed by atoms with van der Waals surface area (Å²) in [5.41, 5.74) is 7.32. The van der Waals surface area contributed by atoms with Gasteiger partial charge in [0.15, 0.2) is 0 Å². The van der Waals surface area contributed by atoms with E-state index in [1.54, 1.807) is 0 Å². The second kappa shape index (κ2) is 6.14. The van der Waals surface area contributed by atoms with Crippen molar-refractivity contribution < 1.29 is 9.53 Å². The summed E-state index contributed by atoms with van der Waals surface area (Å²) < 4.78 is 5.63. The molecule has 0 saturated carbocycles. The third-order valence-electron chi connectivity index (χ3n) is 4.69. The fourth-order valence-electron chi connectivity index (χ4n) is 3.64. The summed E-state index contributed by atoms with van der Waals surface area (Å²) in [7, 11) is 0. The average Bonchev–Trinajstić information content (AvgIpc) is 2.99. The van der Waals surface area contributed by atoms with E-state index in [2.05, 4.69) is 42.5 Å². The maximum atomic E-state index is 12.8. The number of fused-ring (bicyclic) bond motifs is 3. The summed E-state index contributed by atoms with van der Waals surface area (Å²) in [6, 6.07) is 22.6. The van der Waals surface area contributed by atoms with Gasteiger partial charge in [0, 0.05) is 0 Å². The van der Waals surface area contributed by atoms with Gasteiger partial charge in [-0.2, -0.15) is 0 Å². The van der Waals surface area contributed by atoms with E-state index in [-0.39, 0.29) is 5.97 Å². The topological polar surface area (TPSA) is 26.3 Å². The fourth-order valence-corrected chi connectivity index (χ4v) is 3.64. The molecular weight excluding hydrogens is 320 g/mol. The smallest absolute Gasteiger partial charge is 0.339 e. The van der Waals surface area contributed by atoms with Gasteiger partial charge >= 0.3 is 5.97 Å². The summed E-state index contributed by atoms with van der Waals surface area (Å²) >= 11 is 0. The van der Waals surface area contributed by atoms with Crippen LogP contribution in [0.2, 0.25) is 0 Å². The highest BCUT2D eigenvalue weighted by atomic mass is 16.6. The molecule has 0 unspecified atom stereocenters. The largest absolute Gasteiger partial charge is 0.456 e. The maximum Gasteiger partial charge on any atom is 0.339 e. The Hall–Kier alpha value is -2.87. The predicted octanol–water partition coefficient (Wildman–Crippen LogP) is 5.88. The molecule has 2 heteroatoms. The molecule has 0 radical (unpaired) electrons. The van der Waals surface area contributed by atoms with Crippen LogP contribution in [0.5, 0.6) is 0 Å². The van der Waals surface area contributed by atoms with Gasteiger partial charge in [0.1, 0.15) is 5.60 Å². The van der Waals surface area contributed by atoms with Gasteiger partial charge in [-0.25, -0.2) is 4.79 Å². The number of ether oxygens (including phenoxy) is 1. The highest BCUT2D eigenvalue weighted by molar-refractivity contribution is 5.99. The molecule has 0 bridgehead atoms. The minimum atomic E-state index is -0.515. The number of carbonyl (C=O) groups excluding carboxylic acids is 1. The average molecular weight is 342 g/mol. The van der Waals surface area contributed by atoms with Crippen molar-refractivity contribution in [3.63, 3.8) is 0 Å². The number of benzene rings is 3. The standard InChI is InChI=1S/C24H22O2/c1-24(2,3)26-23(25)21-12-7-6-11-19(21)20-14-8-13-18-17-10-5-4-9-16(17)15-22(18)20/h4-14H,15H2,1-3H3. The molecule has 26 heavy (non-hydrogen) atoms. The van der Waals surface area contributed by atoms with Crippen LogP contribution in [-0.4, -0.2) is 11.6 Å². The Morgan fingerprint density at radius 1 is 0.769 bits per heavy atom. The van der Waals surface area contributed by atoms with Crippen LogP contribution in [-0.2, 0) is 11.2 Å².